The second-order valence-electron chi connectivity index (χ2n) is 7.88. The predicted octanol–water partition coefficient (Wildman–Crippen LogP) is 4.17. The number of aromatic nitrogens is 1. The van der Waals surface area contributed by atoms with Crippen molar-refractivity contribution in [3.05, 3.63) is 48.5 Å². The van der Waals surface area contributed by atoms with Crippen molar-refractivity contribution in [3.8, 4) is 0 Å². The molecule has 1 aliphatic carbocycles. The summed E-state index contributed by atoms with van der Waals surface area (Å²) >= 11 is -2.06. The van der Waals surface area contributed by atoms with Gasteiger partial charge in [-0.15, -0.1) is 0 Å². The fourth-order valence-electron chi connectivity index (χ4n) is 4.56. The highest BCUT2D eigenvalue weighted by Crippen LogP contribution is 2.29. The molecule has 2 unspecified atom stereocenters. The lowest BCUT2D eigenvalue weighted by atomic mass is 9.89. The van der Waals surface area contributed by atoms with Gasteiger partial charge in [0.1, 0.15) is 0 Å². The molecule has 1 fully saturated rings. The van der Waals surface area contributed by atoms with E-state index in [2.05, 4.69) is 28.8 Å². The molecule has 6 heteroatoms. The van der Waals surface area contributed by atoms with Crippen molar-refractivity contribution in [2.24, 2.45) is 5.92 Å². The van der Waals surface area contributed by atoms with Crippen LogP contribution in [0.15, 0.2) is 48.5 Å². The Morgan fingerprint density at radius 3 is 2.14 bits per heavy atom. The molecular formula is C22H28N2O3S. The first kappa shape index (κ1) is 19.6. The first-order valence-electron chi connectivity index (χ1n) is 10.1. The molecule has 0 aliphatic heterocycles. The number of aliphatic hydroxyl groups is 1. The van der Waals surface area contributed by atoms with Gasteiger partial charge in [0.25, 0.3) is 0 Å². The fourth-order valence-corrected chi connectivity index (χ4v) is 5.20. The third-order valence-electron chi connectivity index (χ3n) is 5.90. The zero-order chi connectivity index (χ0) is 19.5. The number of hydrogen-bond acceptors (Lipinski definition) is 2. The van der Waals surface area contributed by atoms with E-state index in [4.69, 9.17) is 0 Å². The van der Waals surface area contributed by atoms with Crippen molar-refractivity contribution in [1.82, 2.24) is 8.87 Å². The number of aliphatic hydroxyl groups excluding tert-OH is 1. The Labute approximate surface area is 168 Å². The van der Waals surface area contributed by atoms with Crippen molar-refractivity contribution in [1.29, 1.82) is 0 Å². The molecule has 1 saturated carbocycles. The Balaban J connectivity index is 1.53. The van der Waals surface area contributed by atoms with Gasteiger partial charge in [0.05, 0.1) is 12.6 Å². The quantitative estimate of drug-likeness (QED) is 0.585. The van der Waals surface area contributed by atoms with Crippen molar-refractivity contribution < 1.29 is 13.9 Å². The van der Waals surface area contributed by atoms with Crippen molar-refractivity contribution in [2.75, 3.05) is 13.1 Å². The van der Waals surface area contributed by atoms with Gasteiger partial charge in [-0.25, -0.2) is 4.21 Å². The number of hydrogen-bond donors (Lipinski definition) is 2. The van der Waals surface area contributed by atoms with Crippen molar-refractivity contribution in [3.63, 3.8) is 0 Å². The Morgan fingerprint density at radius 1 is 1.00 bits per heavy atom. The normalized spacial score (nSPS) is 18.1. The second kappa shape index (κ2) is 8.74. The van der Waals surface area contributed by atoms with E-state index in [-0.39, 0.29) is 6.54 Å². The van der Waals surface area contributed by atoms with E-state index in [1.807, 2.05) is 24.3 Å². The standard InChI is InChI=1S/C22H28N2O3S/c25-18(15-23(28(26)27)14-17-8-2-1-3-9-17)16-24-21-12-6-4-10-19(21)20-11-5-7-13-22(20)24/h4-7,10-13,17-18,25H,1-3,8-9,14-16H2,(H,26,27). The van der Waals surface area contributed by atoms with Gasteiger partial charge in [-0.2, -0.15) is 4.31 Å². The van der Waals surface area contributed by atoms with E-state index in [1.165, 1.54) is 23.6 Å². The Morgan fingerprint density at radius 2 is 1.57 bits per heavy atom. The van der Waals surface area contributed by atoms with Gasteiger partial charge in [-0.1, -0.05) is 55.7 Å². The Bertz CT molecular complexity index is 911. The molecule has 4 rings (SSSR count). The lowest BCUT2D eigenvalue weighted by molar-refractivity contribution is 0.121. The maximum Gasteiger partial charge on any atom is 0.234 e. The largest absolute Gasteiger partial charge is 0.390 e. The second-order valence-corrected chi connectivity index (χ2v) is 8.86. The van der Waals surface area contributed by atoms with Crippen LogP contribution in [0.4, 0.5) is 0 Å². The van der Waals surface area contributed by atoms with Gasteiger partial charge < -0.3 is 9.67 Å². The van der Waals surface area contributed by atoms with Crippen LogP contribution in [0, 0.1) is 5.92 Å². The summed E-state index contributed by atoms with van der Waals surface area (Å²) in [6.45, 7) is 1.17. The number of fused-ring (bicyclic) bond motifs is 3. The van der Waals surface area contributed by atoms with Crippen LogP contribution < -0.4 is 0 Å². The minimum absolute atomic E-state index is 0.195. The molecule has 2 aromatic carbocycles. The third kappa shape index (κ3) is 4.15. The molecule has 0 bridgehead atoms. The molecule has 0 radical (unpaired) electrons. The zero-order valence-corrected chi connectivity index (χ0v) is 16.9. The summed E-state index contributed by atoms with van der Waals surface area (Å²) in [5, 5.41) is 13.1. The highest BCUT2D eigenvalue weighted by Gasteiger charge is 2.23. The number of rotatable bonds is 7. The fraction of sp³-hybridized carbons (Fsp3) is 0.455. The molecule has 1 heterocycles. The van der Waals surface area contributed by atoms with E-state index in [9.17, 15) is 13.9 Å². The molecule has 2 atom stereocenters. The average molecular weight is 401 g/mol. The molecule has 1 aliphatic rings. The van der Waals surface area contributed by atoms with Gasteiger partial charge in [-0.05, 0) is 30.9 Å². The summed E-state index contributed by atoms with van der Waals surface area (Å²) in [5.74, 6) is 0.449. The number of para-hydroxylation sites is 2. The summed E-state index contributed by atoms with van der Waals surface area (Å²) in [5.41, 5.74) is 2.15. The summed E-state index contributed by atoms with van der Waals surface area (Å²) in [4.78, 5) is 0. The summed E-state index contributed by atoms with van der Waals surface area (Å²) in [6, 6.07) is 16.4. The molecule has 0 spiro atoms. The molecule has 5 nitrogen and oxygen atoms in total. The van der Waals surface area contributed by atoms with E-state index in [1.54, 1.807) is 0 Å². The van der Waals surface area contributed by atoms with Gasteiger partial charge in [0, 0.05) is 34.9 Å². The minimum atomic E-state index is -2.06. The van der Waals surface area contributed by atoms with Crippen LogP contribution in [-0.4, -0.2) is 41.9 Å². The zero-order valence-electron chi connectivity index (χ0n) is 16.0. The van der Waals surface area contributed by atoms with Gasteiger partial charge in [0.15, 0.2) is 0 Å². The molecule has 3 aromatic rings. The third-order valence-corrected chi connectivity index (χ3v) is 6.63. The van der Waals surface area contributed by atoms with Gasteiger partial charge in [-0.3, -0.25) is 4.55 Å². The molecule has 28 heavy (non-hydrogen) atoms. The highest BCUT2D eigenvalue weighted by molar-refractivity contribution is 7.76. The molecule has 150 valence electrons. The first-order chi connectivity index (χ1) is 13.6. The maximum absolute atomic E-state index is 11.9. The topological polar surface area (TPSA) is 65.7 Å². The van der Waals surface area contributed by atoms with Crippen LogP contribution in [0.1, 0.15) is 32.1 Å². The SMILES string of the molecule is O=S(O)N(CC(O)Cn1c2ccccc2c2ccccc21)CC1CCCCC1. The average Bonchev–Trinajstić information content (AvgIpc) is 3.02. The van der Waals surface area contributed by atoms with Crippen LogP contribution >= 0.6 is 0 Å². The lowest BCUT2D eigenvalue weighted by Gasteiger charge is -2.28. The van der Waals surface area contributed by atoms with Crippen LogP contribution in [0.25, 0.3) is 21.8 Å². The minimum Gasteiger partial charge on any atom is -0.390 e. The Hall–Kier alpha value is -1.73. The predicted molar refractivity (Wildman–Crippen MR) is 114 cm³/mol. The highest BCUT2D eigenvalue weighted by atomic mass is 32.2. The molecule has 1 aromatic heterocycles. The smallest absolute Gasteiger partial charge is 0.234 e. The van der Waals surface area contributed by atoms with Crippen LogP contribution in [0.2, 0.25) is 0 Å². The number of benzene rings is 2. The maximum atomic E-state index is 11.9. The summed E-state index contributed by atoms with van der Waals surface area (Å²) in [7, 11) is 0. The summed E-state index contributed by atoms with van der Waals surface area (Å²) < 4.78 is 25.2. The van der Waals surface area contributed by atoms with Crippen LogP contribution in [0.5, 0.6) is 0 Å². The monoisotopic (exact) mass is 400 g/mol. The van der Waals surface area contributed by atoms with Crippen molar-refractivity contribution >= 4 is 33.1 Å². The number of nitrogens with zero attached hydrogens (tertiary/aromatic N) is 2. The van der Waals surface area contributed by atoms with E-state index >= 15 is 0 Å². The van der Waals surface area contributed by atoms with E-state index < -0.39 is 17.4 Å². The molecule has 0 saturated heterocycles. The van der Waals surface area contributed by atoms with Crippen LogP contribution in [0.3, 0.4) is 0 Å². The molecule has 0 amide bonds. The molecular weight excluding hydrogens is 372 g/mol. The van der Waals surface area contributed by atoms with E-state index in [0.717, 1.165) is 34.6 Å². The summed E-state index contributed by atoms with van der Waals surface area (Å²) in [6.07, 6.45) is 5.14. The van der Waals surface area contributed by atoms with Gasteiger partial charge >= 0.3 is 0 Å². The Kier molecular flexibility index (Phi) is 6.11. The van der Waals surface area contributed by atoms with Gasteiger partial charge in [0.2, 0.25) is 11.3 Å². The molecule has 2 N–H and O–H groups in total. The van der Waals surface area contributed by atoms with Crippen LogP contribution in [-0.2, 0) is 17.8 Å². The lowest BCUT2D eigenvalue weighted by Crippen LogP contribution is -2.39. The van der Waals surface area contributed by atoms with E-state index in [0.29, 0.717) is 19.0 Å². The first-order valence-corrected chi connectivity index (χ1v) is 11.2. The van der Waals surface area contributed by atoms with Crippen molar-refractivity contribution in [2.45, 2.75) is 44.8 Å².